The summed E-state index contributed by atoms with van der Waals surface area (Å²) in [4.78, 5) is 16.9. The molecule has 1 aliphatic rings. The number of carbonyl (C=O) groups excluding carboxylic acids is 1. The first-order valence-electron chi connectivity index (χ1n) is 9.77. The molecule has 146 valence electrons. The molecule has 0 saturated carbocycles. The number of methoxy groups -OCH3 is 1. The van der Waals surface area contributed by atoms with E-state index in [1.54, 1.807) is 7.11 Å². The number of hydrogen-bond acceptors (Lipinski definition) is 4. The number of carbonyl (C=O) groups is 1. The molecule has 2 aromatic heterocycles. The van der Waals surface area contributed by atoms with Gasteiger partial charge in [-0.2, -0.15) is 5.10 Å². The van der Waals surface area contributed by atoms with Crippen molar-refractivity contribution in [1.29, 1.82) is 0 Å². The van der Waals surface area contributed by atoms with Crippen LogP contribution in [-0.2, 0) is 17.8 Å². The largest absolute Gasteiger partial charge is 0.497 e. The van der Waals surface area contributed by atoms with E-state index in [0.29, 0.717) is 6.42 Å². The SMILES string of the molecule is COc1ccc(CCC(=O)N2CCN(Cc3cc4ccccn4n3)CC2)cc1. The average molecular weight is 378 g/mol. The second kappa shape index (κ2) is 8.44. The van der Waals surface area contributed by atoms with Crippen LogP contribution in [0.5, 0.6) is 5.75 Å². The Morgan fingerprint density at radius 3 is 2.57 bits per heavy atom. The van der Waals surface area contributed by atoms with E-state index in [1.807, 2.05) is 52.0 Å². The van der Waals surface area contributed by atoms with Gasteiger partial charge in [0.25, 0.3) is 0 Å². The number of aryl methyl sites for hydroxylation is 1. The quantitative estimate of drug-likeness (QED) is 0.662. The molecule has 28 heavy (non-hydrogen) atoms. The fourth-order valence-electron chi connectivity index (χ4n) is 3.65. The van der Waals surface area contributed by atoms with Crippen LogP contribution >= 0.6 is 0 Å². The summed E-state index contributed by atoms with van der Waals surface area (Å²) >= 11 is 0. The fourth-order valence-corrected chi connectivity index (χ4v) is 3.65. The Balaban J connectivity index is 1.24. The van der Waals surface area contributed by atoms with Gasteiger partial charge in [-0.15, -0.1) is 0 Å². The van der Waals surface area contributed by atoms with Gasteiger partial charge in [0.1, 0.15) is 5.75 Å². The minimum atomic E-state index is 0.239. The first-order chi connectivity index (χ1) is 13.7. The van der Waals surface area contributed by atoms with Crippen molar-refractivity contribution >= 4 is 11.4 Å². The molecule has 0 bridgehead atoms. The van der Waals surface area contributed by atoms with Crippen molar-refractivity contribution in [3.05, 3.63) is 66.0 Å². The number of aromatic nitrogens is 2. The summed E-state index contributed by atoms with van der Waals surface area (Å²) in [5.41, 5.74) is 3.36. The Labute approximate surface area is 165 Å². The lowest BCUT2D eigenvalue weighted by atomic mass is 10.1. The average Bonchev–Trinajstić information content (AvgIpc) is 3.15. The molecule has 1 aromatic carbocycles. The highest BCUT2D eigenvalue weighted by atomic mass is 16.5. The van der Waals surface area contributed by atoms with Crippen LogP contribution in [0.2, 0.25) is 0 Å². The monoisotopic (exact) mass is 378 g/mol. The van der Waals surface area contributed by atoms with E-state index in [2.05, 4.69) is 22.1 Å². The zero-order chi connectivity index (χ0) is 19.3. The number of fused-ring (bicyclic) bond motifs is 1. The number of hydrogen-bond donors (Lipinski definition) is 0. The number of nitrogens with zero attached hydrogens (tertiary/aromatic N) is 4. The molecule has 3 aromatic rings. The Hall–Kier alpha value is -2.86. The van der Waals surface area contributed by atoms with Crippen molar-refractivity contribution in [2.24, 2.45) is 0 Å². The molecule has 3 heterocycles. The summed E-state index contributed by atoms with van der Waals surface area (Å²) in [6.45, 7) is 4.18. The minimum absolute atomic E-state index is 0.239. The minimum Gasteiger partial charge on any atom is -0.497 e. The fraction of sp³-hybridized carbons (Fsp3) is 0.364. The third-order valence-corrected chi connectivity index (χ3v) is 5.32. The molecule has 0 unspecified atom stereocenters. The number of rotatable bonds is 6. The Bertz CT molecular complexity index is 894. The van der Waals surface area contributed by atoms with E-state index in [4.69, 9.17) is 4.74 Å². The van der Waals surface area contributed by atoms with Crippen molar-refractivity contribution in [3.63, 3.8) is 0 Å². The number of benzene rings is 1. The summed E-state index contributed by atoms with van der Waals surface area (Å²) in [5, 5.41) is 4.62. The molecule has 6 nitrogen and oxygen atoms in total. The van der Waals surface area contributed by atoms with Crippen molar-refractivity contribution in [3.8, 4) is 5.75 Å². The van der Waals surface area contributed by atoms with Crippen molar-refractivity contribution < 1.29 is 9.53 Å². The van der Waals surface area contributed by atoms with E-state index in [1.165, 1.54) is 5.56 Å². The molecular weight excluding hydrogens is 352 g/mol. The topological polar surface area (TPSA) is 50.1 Å². The van der Waals surface area contributed by atoms with Crippen LogP contribution in [-0.4, -0.2) is 58.6 Å². The molecule has 1 aliphatic heterocycles. The van der Waals surface area contributed by atoms with E-state index in [0.717, 1.165) is 56.1 Å². The lowest BCUT2D eigenvalue weighted by Crippen LogP contribution is -2.48. The Kier molecular flexibility index (Phi) is 5.58. The van der Waals surface area contributed by atoms with Gasteiger partial charge in [0.15, 0.2) is 0 Å². The smallest absolute Gasteiger partial charge is 0.222 e. The number of piperazine rings is 1. The molecule has 6 heteroatoms. The van der Waals surface area contributed by atoms with Crippen molar-refractivity contribution in [2.75, 3.05) is 33.3 Å². The lowest BCUT2D eigenvalue weighted by Gasteiger charge is -2.34. The molecule has 0 radical (unpaired) electrons. The Morgan fingerprint density at radius 1 is 1.07 bits per heavy atom. The molecule has 4 rings (SSSR count). The highest BCUT2D eigenvalue weighted by molar-refractivity contribution is 5.76. The standard InChI is InChI=1S/C22H26N4O2/c1-28-21-8-5-18(6-9-21)7-10-22(27)25-14-12-24(13-15-25)17-19-16-20-4-2-3-11-26(20)23-19/h2-6,8-9,11,16H,7,10,12-15,17H2,1H3. The normalized spacial score (nSPS) is 15.1. The van der Waals surface area contributed by atoms with Gasteiger partial charge in [-0.05, 0) is 42.3 Å². The third-order valence-electron chi connectivity index (χ3n) is 5.32. The van der Waals surface area contributed by atoms with Crippen LogP contribution in [0.1, 0.15) is 17.7 Å². The van der Waals surface area contributed by atoms with Crippen LogP contribution in [0, 0.1) is 0 Å². The maximum atomic E-state index is 12.5. The van der Waals surface area contributed by atoms with Crippen LogP contribution in [0.3, 0.4) is 0 Å². The van der Waals surface area contributed by atoms with E-state index in [9.17, 15) is 4.79 Å². The van der Waals surface area contributed by atoms with Crippen LogP contribution in [0.25, 0.3) is 5.52 Å². The van der Waals surface area contributed by atoms with Gasteiger partial charge in [-0.3, -0.25) is 9.69 Å². The summed E-state index contributed by atoms with van der Waals surface area (Å²) < 4.78 is 7.09. The van der Waals surface area contributed by atoms with E-state index in [-0.39, 0.29) is 5.91 Å². The van der Waals surface area contributed by atoms with Gasteiger partial charge in [0, 0.05) is 45.3 Å². The predicted octanol–water partition coefficient (Wildman–Crippen LogP) is 2.62. The van der Waals surface area contributed by atoms with Crippen LogP contribution < -0.4 is 4.74 Å². The van der Waals surface area contributed by atoms with E-state index >= 15 is 0 Å². The van der Waals surface area contributed by atoms with Crippen LogP contribution in [0.15, 0.2) is 54.7 Å². The molecule has 0 aliphatic carbocycles. The molecule has 0 atom stereocenters. The first-order valence-corrected chi connectivity index (χ1v) is 9.77. The van der Waals surface area contributed by atoms with Crippen molar-refractivity contribution in [1.82, 2.24) is 19.4 Å². The highest BCUT2D eigenvalue weighted by Gasteiger charge is 2.21. The molecule has 1 saturated heterocycles. The molecule has 1 fully saturated rings. The number of pyridine rings is 1. The summed E-state index contributed by atoms with van der Waals surface area (Å²) in [6, 6.07) is 16.1. The molecule has 1 amide bonds. The second-order valence-electron chi connectivity index (χ2n) is 7.21. The van der Waals surface area contributed by atoms with Gasteiger partial charge >= 0.3 is 0 Å². The van der Waals surface area contributed by atoms with Crippen molar-refractivity contribution in [2.45, 2.75) is 19.4 Å². The van der Waals surface area contributed by atoms with Gasteiger partial charge < -0.3 is 9.64 Å². The van der Waals surface area contributed by atoms with Crippen LogP contribution in [0.4, 0.5) is 0 Å². The van der Waals surface area contributed by atoms with E-state index < -0.39 is 0 Å². The zero-order valence-corrected chi connectivity index (χ0v) is 16.3. The lowest BCUT2D eigenvalue weighted by molar-refractivity contribution is -0.133. The number of ether oxygens (including phenoxy) is 1. The van der Waals surface area contributed by atoms with Gasteiger partial charge in [0.2, 0.25) is 5.91 Å². The summed E-state index contributed by atoms with van der Waals surface area (Å²) in [5.74, 6) is 1.08. The van der Waals surface area contributed by atoms with Gasteiger partial charge in [0.05, 0.1) is 18.3 Å². The van der Waals surface area contributed by atoms with Gasteiger partial charge in [-0.1, -0.05) is 18.2 Å². The summed E-state index contributed by atoms with van der Waals surface area (Å²) in [6.07, 6.45) is 3.29. The Morgan fingerprint density at radius 2 is 1.86 bits per heavy atom. The summed E-state index contributed by atoms with van der Waals surface area (Å²) in [7, 11) is 1.66. The molecular formula is C22H26N4O2. The zero-order valence-electron chi connectivity index (χ0n) is 16.3. The first kappa shape index (κ1) is 18.5. The maximum absolute atomic E-state index is 12.5. The predicted molar refractivity (Wildman–Crippen MR) is 108 cm³/mol. The second-order valence-corrected chi connectivity index (χ2v) is 7.21. The van der Waals surface area contributed by atoms with Gasteiger partial charge in [-0.25, -0.2) is 4.52 Å². The molecule has 0 spiro atoms. The number of amides is 1. The maximum Gasteiger partial charge on any atom is 0.222 e. The third kappa shape index (κ3) is 4.34. The highest BCUT2D eigenvalue weighted by Crippen LogP contribution is 2.14. The molecule has 0 N–H and O–H groups in total.